The van der Waals surface area contributed by atoms with Crippen LogP contribution in [0.3, 0.4) is 0 Å². The van der Waals surface area contributed by atoms with Crippen LogP contribution in [0.5, 0.6) is 0 Å². The zero-order valence-electron chi connectivity index (χ0n) is 9.70. The van der Waals surface area contributed by atoms with Gasteiger partial charge in [0.05, 0.1) is 0 Å². The first-order valence-electron chi connectivity index (χ1n) is 5.56. The molecule has 1 aromatic rings. The molecule has 5 heteroatoms. The smallest absolute Gasteiger partial charge is 0.131 e. The standard InChI is InChI=1S/C11H18BrN3O/c1-3-10-14-9(12)7-11(15-10)13-8(2)5-4-6-16/h7-8,16H,3-6H2,1-2H3,(H,13,14,15). The van der Waals surface area contributed by atoms with Crippen molar-refractivity contribution in [2.75, 3.05) is 11.9 Å². The lowest BCUT2D eigenvalue weighted by Gasteiger charge is -2.14. The molecule has 0 aliphatic rings. The van der Waals surface area contributed by atoms with E-state index in [1.165, 1.54) is 0 Å². The van der Waals surface area contributed by atoms with Crippen molar-refractivity contribution < 1.29 is 5.11 Å². The largest absolute Gasteiger partial charge is 0.396 e. The quantitative estimate of drug-likeness (QED) is 0.789. The Hall–Kier alpha value is -0.680. The Morgan fingerprint density at radius 1 is 1.50 bits per heavy atom. The van der Waals surface area contributed by atoms with Gasteiger partial charge >= 0.3 is 0 Å². The van der Waals surface area contributed by atoms with E-state index in [1.807, 2.05) is 13.0 Å². The number of aromatic nitrogens is 2. The summed E-state index contributed by atoms with van der Waals surface area (Å²) in [5, 5.41) is 12.0. The fraction of sp³-hybridized carbons (Fsp3) is 0.636. The number of halogens is 1. The van der Waals surface area contributed by atoms with Crippen molar-refractivity contribution in [1.29, 1.82) is 0 Å². The maximum Gasteiger partial charge on any atom is 0.131 e. The highest BCUT2D eigenvalue weighted by Crippen LogP contribution is 2.14. The fourth-order valence-corrected chi connectivity index (χ4v) is 1.84. The van der Waals surface area contributed by atoms with Crippen LogP contribution in [0.1, 0.15) is 32.5 Å². The van der Waals surface area contributed by atoms with E-state index in [1.54, 1.807) is 0 Å². The van der Waals surface area contributed by atoms with Gasteiger partial charge in [-0.2, -0.15) is 0 Å². The topological polar surface area (TPSA) is 58.0 Å². The first-order chi connectivity index (χ1) is 7.65. The van der Waals surface area contributed by atoms with E-state index in [0.29, 0.717) is 6.04 Å². The van der Waals surface area contributed by atoms with Gasteiger partial charge in [0.1, 0.15) is 16.2 Å². The second-order valence-electron chi connectivity index (χ2n) is 3.76. The van der Waals surface area contributed by atoms with Gasteiger partial charge in [0.15, 0.2) is 0 Å². The molecule has 0 saturated carbocycles. The highest BCUT2D eigenvalue weighted by atomic mass is 79.9. The molecule has 1 heterocycles. The van der Waals surface area contributed by atoms with Gasteiger partial charge in [0, 0.05) is 25.1 Å². The Labute approximate surface area is 105 Å². The van der Waals surface area contributed by atoms with Crippen molar-refractivity contribution >= 4 is 21.7 Å². The van der Waals surface area contributed by atoms with Crippen LogP contribution in [-0.2, 0) is 6.42 Å². The molecule has 0 radical (unpaired) electrons. The zero-order chi connectivity index (χ0) is 12.0. The number of aliphatic hydroxyl groups is 1. The average Bonchev–Trinajstić information content (AvgIpc) is 2.25. The molecule has 1 unspecified atom stereocenters. The first-order valence-corrected chi connectivity index (χ1v) is 6.35. The third-order valence-corrected chi connectivity index (χ3v) is 2.65. The van der Waals surface area contributed by atoms with E-state index in [4.69, 9.17) is 5.11 Å². The van der Waals surface area contributed by atoms with Gasteiger partial charge in [-0.05, 0) is 35.7 Å². The van der Waals surface area contributed by atoms with Crippen LogP contribution in [0.4, 0.5) is 5.82 Å². The van der Waals surface area contributed by atoms with Gasteiger partial charge in [-0.3, -0.25) is 0 Å². The van der Waals surface area contributed by atoms with Crippen LogP contribution >= 0.6 is 15.9 Å². The number of aryl methyl sites for hydroxylation is 1. The second-order valence-corrected chi connectivity index (χ2v) is 4.57. The normalized spacial score (nSPS) is 12.5. The number of anilines is 1. The number of rotatable bonds is 6. The predicted molar refractivity (Wildman–Crippen MR) is 68.5 cm³/mol. The summed E-state index contributed by atoms with van der Waals surface area (Å²) in [6.07, 6.45) is 2.56. The number of nitrogens with one attached hydrogen (secondary N) is 1. The molecule has 2 N–H and O–H groups in total. The molecular formula is C11H18BrN3O. The van der Waals surface area contributed by atoms with Crippen molar-refractivity contribution in [2.45, 2.75) is 39.2 Å². The van der Waals surface area contributed by atoms with E-state index in [2.05, 4.69) is 38.1 Å². The maximum atomic E-state index is 8.75. The minimum atomic E-state index is 0.236. The molecule has 0 aromatic carbocycles. The van der Waals surface area contributed by atoms with Crippen molar-refractivity contribution in [2.24, 2.45) is 0 Å². The fourth-order valence-electron chi connectivity index (χ4n) is 1.42. The summed E-state index contributed by atoms with van der Waals surface area (Å²) < 4.78 is 0.802. The van der Waals surface area contributed by atoms with Gasteiger partial charge in [0.25, 0.3) is 0 Å². The van der Waals surface area contributed by atoms with Gasteiger partial charge in [0.2, 0.25) is 0 Å². The molecule has 4 nitrogen and oxygen atoms in total. The number of hydrogen-bond donors (Lipinski definition) is 2. The van der Waals surface area contributed by atoms with Crippen LogP contribution < -0.4 is 5.32 Å². The Morgan fingerprint density at radius 2 is 2.25 bits per heavy atom. The number of nitrogens with zero attached hydrogens (tertiary/aromatic N) is 2. The first kappa shape index (κ1) is 13.4. The van der Waals surface area contributed by atoms with E-state index in [-0.39, 0.29) is 6.61 Å². The van der Waals surface area contributed by atoms with E-state index < -0.39 is 0 Å². The second kappa shape index (κ2) is 6.81. The van der Waals surface area contributed by atoms with Crippen LogP contribution in [0.15, 0.2) is 10.7 Å². The third kappa shape index (κ3) is 4.45. The van der Waals surface area contributed by atoms with Crippen LogP contribution in [0, 0.1) is 0 Å². The summed E-state index contributed by atoms with van der Waals surface area (Å²) >= 11 is 3.37. The lowest BCUT2D eigenvalue weighted by atomic mass is 10.2. The molecule has 0 aliphatic carbocycles. The lowest BCUT2D eigenvalue weighted by Crippen LogP contribution is -2.17. The summed E-state index contributed by atoms with van der Waals surface area (Å²) in [5.41, 5.74) is 0. The Bertz CT molecular complexity index is 333. The monoisotopic (exact) mass is 287 g/mol. The third-order valence-electron chi connectivity index (χ3n) is 2.25. The van der Waals surface area contributed by atoms with E-state index in [9.17, 15) is 0 Å². The van der Waals surface area contributed by atoms with Crippen molar-refractivity contribution in [3.05, 3.63) is 16.5 Å². The van der Waals surface area contributed by atoms with E-state index in [0.717, 1.165) is 35.5 Å². The van der Waals surface area contributed by atoms with Gasteiger partial charge in [-0.1, -0.05) is 6.92 Å². The molecule has 1 rings (SSSR count). The Kier molecular flexibility index (Phi) is 5.69. The molecule has 0 bridgehead atoms. The maximum absolute atomic E-state index is 8.75. The van der Waals surface area contributed by atoms with Gasteiger partial charge < -0.3 is 10.4 Å². The Balaban J connectivity index is 2.61. The SMILES string of the molecule is CCc1nc(Br)cc(NC(C)CCCO)n1. The summed E-state index contributed by atoms with van der Waals surface area (Å²) in [5.74, 6) is 1.66. The molecule has 1 atom stereocenters. The average molecular weight is 288 g/mol. The number of aliphatic hydroxyl groups excluding tert-OH is 1. The zero-order valence-corrected chi connectivity index (χ0v) is 11.3. The lowest BCUT2D eigenvalue weighted by molar-refractivity contribution is 0.282. The molecule has 0 amide bonds. The van der Waals surface area contributed by atoms with Crippen LogP contribution in [0.2, 0.25) is 0 Å². The summed E-state index contributed by atoms with van der Waals surface area (Å²) in [7, 11) is 0. The van der Waals surface area contributed by atoms with Crippen molar-refractivity contribution in [3.8, 4) is 0 Å². The van der Waals surface area contributed by atoms with Crippen molar-refractivity contribution in [1.82, 2.24) is 9.97 Å². The summed E-state index contributed by atoms with van der Waals surface area (Å²) in [4.78, 5) is 8.63. The molecule has 16 heavy (non-hydrogen) atoms. The molecule has 0 fully saturated rings. The van der Waals surface area contributed by atoms with Crippen LogP contribution in [0.25, 0.3) is 0 Å². The molecule has 1 aromatic heterocycles. The van der Waals surface area contributed by atoms with E-state index >= 15 is 0 Å². The minimum Gasteiger partial charge on any atom is -0.396 e. The van der Waals surface area contributed by atoms with Gasteiger partial charge in [-0.15, -0.1) is 0 Å². The molecule has 0 aliphatic heterocycles. The highest BCUT2D eigenvalue weighted by Gasteiger charge is 2.05. The Morgan fingerprint density at radius 3 is 2.88 bits per heavy atom. The van der Waals surface area contributed by atoms with Gasteiger partial charge in [-0.25, -0.2) is 9.97 Å². The summed E-state index contributed by atoms with van der Waals surface area (Å²) in [6.45, 7) is 4.34. The highest BCUT2D eigenvalue weighted by molar-refractivity contribution is 9.10. The number of hydrogen-bond acceptors (Lipinski definition) is 4. The molecular weight excluding hydrogens is 270 g/mol. The molecule has 0 saturated heterocycles. The van der Waals surface area contributed by atoms with Crippen molar-refractivity contribution in [3.63, 3.8) is 0 Å². The van der Waals surface area contributed by atoms with Crippen LogP contribution in [-0.4, -0.2) is 27.7 Å². The molecule has 0 spiro atoms. The predicted octanol–water partition coefficient (Wildman–Crippen LogP) is 2.37. The minimum absolute atomic E-state index is 0.236. The molecule has 90 valence electrons. The summed E-state index contributed by atoms with van der Waals surface area (Å²) in [6, 6.07) is 2.17.